The number of carboxylic acid groups (broad SMARTS) is 2. The Kier molecular flexibility index (Phi) is 15.4. The molecule has 3 aromatic rings. The molecule has 42 heavy (non-hydrogen) atoms. The number of rotatable bonds is 15. The third-order valence-corrected chi connectivity index (χ3v) is 7.33. The molecule has 0 aliphatic rings. The van der Waals surface area contributed by atoms with Crippen molar-refractivity contribution in [2.24, 2.45) is 0 Å². The van der Waals surface area contributed by atoms with Gasteiger partial charge < -0.3 is 35.1 Å². The first-order chi connectivity index (χ1) is 20.0. The van der Waals surface area contributed by atoms with Gasteiger partial charge in [-0.1, -0.05) is 24.3 Å². The summed E-state index contributed by atoms with van der Waals surface area (Å²) in [7, 11) is -2.72. The zero-order valence-corrected chi connectivity index (χ0v) is 25.1. The summed E-state index contributed by atoms with van der Waals surface area (Å²) in [6.45, 7) is 2.53. The maximum absolute atomic E-state index is 11.5. The molecular weight excluding hydrogens is 584 g/mol. The highest BCUT2D eigenvalue weighted by Gasteiger charge is 2.26. The number of nitrogens with one attached hydrogen (secondary N) is 1. The molecule has 1 aromatic carbocycles. The van der Waals surface area contributed by atoms with Gasteiger partial charge in [-0.2, -0.15) is 0 Å². The normalized spacial score (nSPS) is 11.9. The monoisotopic (exact) mass is 621 g/mol. The molecule has 0 amide bonds. The number of aromatic nitrogens is 2. The van der Waals surface area contributed by atoms with E-state index in [-0.39, 0.29) is 37.3 Å². The van der Waals surface area contributed by atoms with Gasteiger partial charge in [-0.05, 0) is 55.3 Å². The van der Waals surface area contributed by atoms with Crippen LogP contribution in [0.5, 0.6) is 0 Å². The topological polar surface area (TPSA) is 200 Å². The first-order valence-corrected chi connectivity index (χ1v) is 15.6. The number of hydrogen-bond acceptors (Lipinski definition) is 11. The molecule has 3 rings (SSSR count). The molecule has 0 fully saturated rings. The number of pyridine rings is 2. The Morgan fingerprint density at radius 3 is 2.07 bits per heavy atom. The summed E-state index contributed by atoms with van der Waals surface area (Å²) in [5.41, 5.74) is 3.95. The van der Waals surface area contributed by atoms with Gasteiger partial charge in [0.2, 0.25) is 0 Å². The van der Waals surface area contributed by atoms with Crippen molar-refractivity contribution in [3.8, 4) is 0 Å². The van der Waals surface area contributed by atoms with E-state index in [1.807, 2.05) is 66.2 Å². The van der Waals surface area contributed by atoms with Crippen LogP contribution in [0.1, 0.15) is 33.1 Å². The summed E-state index contributed by atoms with van der Waals surface area (Å²) in [6.07, 6.45) is 0.475. The Balaban J connectivity index is 0.00000197. The lowest BCUT2D eigenvalue weighted by Gasteiger charge is -2.36. The van der Waals surface area contributed by atoms with Crippen molar-refractivity contribution in [2.75, 3.05) is 31.5 Å². The van der Waals surface area contributed by atoms with Crippen LogP contribution in [0.4, 0.5) is 5.69 Å². The highest BCUT2D eigenvalue weighted by atomic mass is 31.2. The fourth-order valence-electron chi connectivity index (χ4n) is 4.31. The van der Waals surface area contributed by atoms with Crippen molar-refractivity contribution in [1.82, 2.24) is 19.8 Å². The van der Waals surface area contributed by atoms with E-state index in [0.29, 0.717) is 25.2 Å². The van der Waals surface area contributed by atoms with Crippen molar-refractivity contribution in [1.29, 1.82) is 0 Å². The van der Waals surface area contributed by atoms with E-state index in [4.69, 9.17) is 9.90 Å². The molecule has 0 saturated heterocycles. The molecule has 0 saturated carbocycles. The maximum atomic E-state index is 11.5. The molecule has 15 heteroatoms. The molecule has 2 aromatic heterocycles. The number of nitrogens with zero attached hydrogens (tertiary/aromatic N) is 4. The van der Waals surface area contributed by atoms with Gasteiger partial charge >= 0.3 is 5.97 Å². The van der Waals surface area contributed by atoms with Crippen LogP contribution in [-0.4, -0.2) is 94.2 Å². The smallest absolute Gasteiger partial charge is 0.354 e. The predicted octanol–water partition coefficient (Wildman–Crippen LogP) is 2.65. The van der Waals surface area contributed by atoms with E-state index in [0.717, 1.165) is 22.6 Å². The van der Waals surface area contributed by atoms with Crippen molar-refractivity contribution in [2.45, 2.75) is 32.5 Å². The summed E-state index contributed by atoms with van der Waals surface area (Å²) >= 11 is 0. The molecule has 13 nitrogen and oxygen atoms in total. The average Bonchev–Trinajstić information content (AvgIpc) is 2.93. The number of carbonyl (C=O) groups is 2. The van der Waals surface area contributed by atoms with E-state index in [1.54, 1.807) is 12.1 Å². The SMILES string of the molecule is CNc1ccc(CC(CN(Cc2cccc(C)n2)CP(O)O)N(Cc2cccc(C(=O)O)n2)CP(O)O)cc1.O=CO. The summed E-state index contributed by atoms with van der Waals surface area (Å²) in [5.74, 6) is -1.15. The highest BCUT2D eigenvalue weighted by Crippen LogP contribution is 2.30. The standard InChI is InChI=1S/C26H35N5O6P2.CH2O2/c1-19-5-3-6-22(28-19)14-30(17-38(34)35)16-24(13-20-9-11-21(27-2)12-10-20)31(18-39(36)37)15-23-7-4-8-25(29-23)26(32)33;2-1-3/h3-12,24,27,34-37H,13-18H2,1-2H3,(H,32,33);1H,(H,2,3). The van der Waals surface area contributed by atoms with Gasteiger partial charge in [0.25, 0.3) is 6.47 Å². The lowest BCUT2D eigenvalue weighted by molar-refractivity contribution is -0.122. The Hall–Kier alpha value is -3.12. The minimum atomic E-state index is -2.32. The number of carboxylic acids is 1. The second kappa shape index (κ2) is 18.4. The number of benzene rings is 1. The van der Waals surface area contributed by atoms with Crippen LogP contribution < -0.4 is 5.32 Å². The van der Waals surface area contributed by atoms with Crippen LogP contribution in [0.3, 0.4) is 0 Å². The molecular formula is C27H37N5O8P2. The van der Waals surface area contributed by atoms with Crippen molar-refractivity contribution in [3.05, 3.63) is 89.0 Å². The molecule has 228 valence electrons. The maximum Gasteiger partial charge on any atom is 0.354 e. The van der Waals surface area contributed by atoms with Crippen LogP contribution >= 0.6 is 16.8 Å². The Labute approximate surface area is 247 Å². The van der Waals surface area contributed by atoms with Gasteiger partial charge in [0, 0.05) is 44.1 Å². The lowest BCUT2D eigenvalue weighted by Crippen LogP contribution is -2.45. The van der Waals surface area contributed by atoms with E-state index >= 15 is 0 Å². The zero-order chi connectivity index (χ0) is 31.1. The molecule has 0 aliphatic heterocycles. The largest absolute Gasteiger partial charge is 0.483 e. The van der Waals surface area contributed by atoms with Crippen molar-refractivity contribution < 1.29 is 39.4 Å². The quantitative estimate of drug-likeness (QED) is 0.0966. The second-order valence-corrected chi connectivity index (χ2v) is 11.3. The van der Waals surface area contributed by atoms with E-state index in [2.05, 4.69) is 15.3 Å². The molecule has 7 N–H and O–H groups in total. The van der Waals surface area contributed by atoms with Crippen LogP contribution in [0.25, 0.3) is 0 Å². The van der Waals surface area contributed by atoms with Gasteiger partial charge in [-0.25, -0.2) is 9.78 Å². The van der Waals surface area contributed by atoms with Crippen LogP contribution in [-0.2, 0) is 24.3 Å². The lowest BCUT2D eigenvalue weighted by atomic mass is 10.0. The molecule has 0 radical (unpaired) electrons. The van der Waals surface area contributed by atoms with Gasteiger partial charge in [-0.15, -0.1) is 0 Å². The third-order valence-electron chi connectivity index (χ3n) is 6.06. The van der Waals surface area contributed by atoms with Crippen molar-refractivity contribution in [3.63, 3.8) is 0 Å². The van der Waals surface area contributed by atoms with E-state index in [1.165, 1.54) is 6.07 Å². The molecule has 0 spiro atoms. The summed E-state index contributed by atoms with van der Waals surface area (Å²) in [4.78, 5) is 72.3. The first kappa shape index (κ1) is 35.1. The molecule has 1 atom stereocenters. The molecule has 0 aliphatic carbocycles. The van der Waals surface area contributed by atoms with E-state index < -0.39 is 22.7 Å². The third kappa shape index (κ3) is 12.8. The fraction of sp³-hybridized carbons (Fsp3) is 0.333. The Morgan fingerprint density at radius 2 is 1.52 bits per heavy atom. The van der Waals surface area contributed by atoms with Crippen LogP contribution in [0.2, 0.25) is 0 Å². The number of aryl methyl sites for hydroxylation is 1. The fourth-order valence-corrected chi connectivity index (χ4v) is 5.54. The van der Waals surface area contributed by atoms with Crippen molar-refractivity contribution >= 4 is 34.9 Å². The van der Waals surface area contributed by atoms with Gasteiger partial charge in [0.05, 0.1) is 24.0 Å². The second-order valence-electron chi connectivity index (χ2n) is 9.29. The first-order valence-electron chi connectivity index (χ1n) is 12.8. The van der Waals surface area contributed by atoms with Gasteiger partial charge in [-0.3, -0.25) is 19.6 Å². The molecule has 2 heterocycles. The molecule has 0 bridgehead atoms. The van der Waals surface area contributed by atoms with Gasteiger partial charge in [0.1, 0.15) is 5.69 Å². The summed E-state index contributed by atoms with van der Waals surface area (Å²) in [6, 6.07) is 17.9. The number of hydrogen-bond donors (Lipinski definition) is 7. The predicted molar refractivity (Wildman–Crippen MR) is 161 cm³/mol. The minimum Gasteiger partial charge on any atom is -0.483 e. The minimum absolute atomic E-state index is 0.0216. The zero-order valence-electron chi connectivity index (χ0n) is 23.4. The van der Waals surface area contributed by atoms with Crippen LogP contribution in [0.15, 0.2) is 60.7 Å². The Morgan fingerprint density at radius 1 is 0.929 bits per heavy atom. The summed E-state index contributed by atoms with van der Waals surface area (Å²) in [5, 5.41) is 19.4. The van der Waals surface area contributed by atoms with E-state index in [9.17, 15) is 29.5 Å². The van der Waals surface area contributed by atoms with Gasteiger partial charge in [0.15, 0.2) is 16.8 Å². The Bertz CT molecular complexity index is 1250. The molecule has 1 unspecified atom stereocenters. The average molecular weight is 622 g/mol. The number of aromatic carboxylic acids is 1. The summed E-state index contributed by atoms with van der Waals surface area (Å²) < 4.78 is 0. The number of anilines is 1. The highest BCUT2D eigenvalue weighted by molar-refractivity contribution is 7.45. The van der Waals surface area contributed by atoms with Crippen LogP contribution in [0, 0.1) is 6.92 Å².